The second-order valence-electron chi connectivity index (χ2n) is 4.15. The number of hydrogen-bond donors (Lipinski definition) is 0. The summed E-state index contributed by atoms with van der Waals surface area (Å²) in [6.07, 6.45) is 0. The van der Waals surface area contributed by atoms with Gasteiger partial charge in [0.1, 0.15) is 5.75 Å². The summed E-state index contributed by atoms with van der Waals surface area (Å²) in [5.74, 6) is -3.91. The Labute approximate surface area is 103 Å². The highest BCUT2D eigenvalue weighted by molar-refractivity contribution is 6.03. The topological polar surface area (TPSA) is 26.3 Å². The maximum absolute atomic E-state index is 13.0. The number of hydrogen-bond acceptors (Lipinski definition) is 2. The zero-order chi connectivity index (χ0) is 13.3. The maximum Gasteiger partial charge on any atom is 0.307 e. The van der Waals surface area contributed by atoms with Gasteiger partial charge in [-0.05, 0) is 29.0 Å². The molecule has 18 heavy (non-hydrogen) atoms. The number of halogens is 2. The summed E-state index contributed by atoms with van der Waals surface area (Å²) in [4.78, 5) is 11.5. The zero-order valence-electron chi connectivity index (χ0n) is 10.0. The van der Waals surface area contributed by atoms with Crippen LogP contribution in [0.4, 0.5) is 8.78 Å². The number of ketones is 1. The van der Waals surface area contributed by atoms with Crippen molar-refractivity contribution in [1.29, 1.82) is 0 Å². The molecule has 0 saturated carbocycles. The van der Waals surface area contributed by atoms with Crippen LogP contribution in [0.1, 0.15) is 17.3 Å². The van der Waals surface area contributed by atoms with Gasteiger partial charge in [-0.15, -0.1) is 0 Å². The van der Waals surface area contributed by atoms with Crippen molar-refractivity contribution in [3.05, 3.63) is 42.0 Å². The van der Waals surface area contributed by atoms with Crippen molar-refractivity contribution in [2.45, 2.75) is 12.8 Å². The van der Waals surface area contributed by atoms with E-state index in [1.54, 1.807) is 18.2 Å². The Bertz CT molecular complexity index is 600. The van der Waals surface area contributed by atoms with E-state index in [-0.39, 0.29) is 5.56 Å². The molecule has 0 saturated heterocycles. The molecular weight excluding hydrogens is 238 g/mol. The second-order valence-corrected chi connectivity index (χ2v) is 4.15. The van der Waals surface area contributed by atoms with Gasteiger partial charge in [-0.3, -0.25) is 4.79 Å². The number of carbonyl (C=O) groups is 1. The summed E-state index contributed by atoms with van der Waals surface area (Å²) in [7, 11) is 1.52. The van der Waals surface area contributed by atoms with Gasteiger partial charge in [0.05, 0.1) is 7.11 Å². The molecule has 0 unspecified atom stereocenters. The molecule has 0 aliphatic rings. The molecule has 0 aliphatic carbocycles. The van der Waals surface area contributed by atoms with Crippen molar-refractivity contribution in [2.24, 2.45) is 0 Å². The molecule has 0 radical (unpaired) electrons. The Morgan fingerprint density at radius 2 is 1.78 bits per heavy atom. The minimum Gasteiger partial charge on any atom is -0.497 e. The molecule has 4 heteroatoms. The highest BCUT2D eigenvalue weighted by atomic mass is 19.3. The average Bonchev–Trinajstić information content (AvgIpc) is 2.35. The average molecular weight is 250 g/mol. The van der Waals surface area contributed by atoms with Crippen molar-refractivity contribution in [1.82, 2.24) is 0 Å². The Morgan fingerprint density at radius 3 is 2.39 bits per heavy atom. The van der Waals surface area contributed by atoms with E-state index in [2.05, 4.69) is 0 Å². The van der Waals surface area contributed by atoms with E-state index in [4.69, 9.17) is 4.74 Å². The van der Waals surface area contributed by atoms with Crippen LogP contribution >= 0.6 is 0 Å². The third kappa shape index (κ3) is 2.32. The number of benzene rings is 2. The van der Waals surface area contributed by atoms with Crippen LogP contribution in [-0.4, -0.2) is 18.8 Å². The van der Waals surface area contributed by atoms with Crippen molar-refractivity contribution < 1.29 is 18.3 Å². The summed E-state index contributed by atoms with van der Waals surface area (Å²) in [5.41, 5.74) is 0.00301. The number of fused-ring (bicyclic) bond motifs is 1. The minimum absolute atomic E-state index is 0.00301. The van der Waals surface area contributed by atoms with Gasteiger partial charge in [-0.1, -0.05) is 18.2 Å². The van der Waals surface area contributed by atoms with E-state index in [1.165, 1.54) is 19.2 Å². The molecule has 2 aromatic rings. The van der Waals surface area contributed by atoms with Crippen LogP contribution in [0.3, 0.4) is 0 Å². The summed E-state index contributed by atoms with van der Waals surface area (Å²) in [5, 5.41) is 1.57. The van der Waals surface area contributed by atoms with Crippen LogP contribution in [0.25, 0.3) is 10.8 Å². The third-order valence-corrected chi connectivity index (χ3v) is 2.71. The Balaban J connectivity index is 2.52. The Kier molecular flexibility index (Phi) is 3.03. The van der Waals surface area contributed by atoms with Gasteiger partial charge < -0.3 is 4.74 Å². The number of carbonyl (C=O) groups excluding carboxylic acids is 1. The molecular formula is C14H12F2O2. The lowest BCUT2D eigenvalue weighted by atomic mass is 10.0. The van der Waals surface area contributed by atoms with Crippen LogP contribution in [0.2, 0.25) is 0 Å². The van der Waals surface area contributed by atoms with Gasteiger partial charge in [0.2, 0.25) is 5.78 Å². The van der Waals surface area contributed by atoms with Gasteiger partial charge in [-0.2, -0.15) is 8.78 Å². The van der Waals surface area contributed by atoms with Crippen LogP contribution in [0.15, 0.2) is 36.4 Å². The molecule has 0 bridgehead atoms. The fourth-order valence-corrected chi connectivity index (χ4v) is 1.75. The molecule has 0 atom stereocenters. The molecule has 0 N–H and O–H groups in total. The SMILES string of the molecule is COc1ccc2ccc(C(=O)C(C)(F)F)cc2c1. The highest BCUT2D eigenvalue weighted by Gasteiger charge is 2.33. The summed E-state index contributed by atoms with van der Waals surface area (Å²) in [6.45, 7) is 0.602. The predicted octanol–water partition coefficient (Wildman–Crippen LogP) is 3.69. The fraction of sp³-hybridized carbons (Fsp3) is 0.214. The minimum atomic E-state index is -3.35. The molecule has 2 aromatic carbocycles. The largest absolute Gasteiger partial charge is 0.497 e. The zero-order valence-corrected chi connectivity index (χ0v) is 10.0. The maximum atomic E-state index is 13.0. The van der Waals surface area contributed by atoms with E-state index in [1.807, 2.05) is 6.07 Å². The Hall–Kier alpha value is -1.97. The van der Waals surface area contributed by atoms with Gasteiger partial charge >= 0.3 is 5.92 Å². The summed E-state index contributed by atoms with van der Waals surface area (Å²) >= 11 is 0. The lowest BCUT2D eigenvalue weighted by Gasteiger charge is -2.10. The number of Topliss-reactive ketones (excluding diaryl/α,β-unsaturated/α-hetero) is 1. The van der Waals surface area contributed by atoms with Crippen molar-refractivity contribution in [3.8, 4) is 5.75 Å². The molecule has 2 rings (SSSR count). The quantitative estimate of drug-likeness (QED) is 0.776. The number of methoxy groups -OCH3 is 1. The lowest BCUT2D eigenvalue weighted by Crippen LogP contribution is -2.24. The predicted molar refractivity (Wildman–Crippen MR) is 65.5 cm³/mol. The third-order valence-electron chi connectivity index (χ3n) is 2.71. The normalized spacial score (nSPS) is 11.6. The van der Waals surface area contributed by atoms with Crippen LogP contribution in [-0.2, 0) is 0 Å². The summed E-state index contributed by atoms with van der Waals surface area (Å²) < 4.78 is 31.0. The van der Waals surface area contributed by atoms with Gasteiger partial charge in [-0.25, -0.2) is 0 Å². The van der Waals surface area contributed by atoms with Gasteiger partial charge in [0, 0.05) is 12.5 Å². The lowest BCUT2D eigenvalue weighted by molar-refractivity contribution is 0.0222. The van der Waals surface area contributed by atoms with Crippen molar-refractivity contribution in [3.63, 3.8) is 0 Å². The molecule has 2 nitrogen and oxygen atoms in total. The van der Waals surface area contributed by atoms with Crippen LogP contribution in [0.5, 0.6) is 5.75 Å². The number of rotatable bonds is 3. The molecule has 0 fully saturated rings. The van der Waals surface area contributed by atoms with E-state index in [0.29, 0.717) is 18.1 Å². The standard InChI is InChI=1S/C14H12F2O2/c1-14(15,16)13(17)10-4-3-9-5-6-12(18-2)8-11(9)7-10/h3-8H,1-2H3. The van der Waals surface area contributed by atoms with E-state index in [9.17, 15) is 13.6 Å². The second kappa shape index (κ2) is 4.37. The molecule has 94 valence electrons. The molecule has 0 heterocycles. The Morgan fingerprint density at radius 1 is 1.11 bits per heavy atom. The molecule has 0 aromatic heterocycles. The van der Waals surface area contributed by atoms with Crippen molar-refractivity contribution in [2.75, 3.05) is 7.11 Å². The first-order valence-electron chi connectivity index (χ1n) is 5.42. The molecule has 0 aliphatic heterocycles. The van der Waals surface area contributed by atoms with E-state index >= 15 is 0 Å². The fourth-order valence-electron chi connectivity index (χ4n) is 1.75. The molecule has 0 amide bonds. The van der Waals surface area contributed by atoms with Crippen LogP contribution < -0.4 is 4.74 Å². The highest BCUT2D eigenvalue weighted by Crippen LogP contribution is 2.25. The smallest absolute Gasteiger partial charge is 0.307 e. The first-order valence-corrected chi connectivity index (χ1v) is 5.42. The number of ether oxygens (including phenoxy) is 1. The van der Waals surface area contributed by atoms with Gasteiger partial charge in [0.15, 0.2) is 0 Å². The monoisotopic (exact) mass is 250 g/mol. The van der Waals surface area contributed by atoms with E-state index in [0.717, 1.165) is 5.39 Å². The van der Waals surface area contributed by atoms with E-state index < -0.39 is 11.7 Å². The first kappa shape index (κ1) is 12.5. The summed E-state index contributed by atoms with van der Waals surface area (Å²) in [6, 6.07) is 9.81. The van der Waals surface area contributed by atoms with Crippen LogP contribution in [0, 0.1) is 0 Å². The molecule has 0 spiro atoms. The van der Waals surface area contributed by atoms with Crippen molar-refractivity contribution >= 4 is 16.6 Å². The number of alkyl halides is 2. The first-order chi connectivity index (χ1) is 8.41. The van der Waals surface area contributed by atoms with Gasteiger partial charge in [0.25, 0.3) is 0 Å².